The number of rotatable bonds is 2. The standard InChI is InChI=1S/C12H12N4O.ClH/c1-7-15-11(13)10-8(6-14-12(10)16-7)5-9-3-2-4-17-9;/h2-4,6H,5H2,1H3,(H3,13,14,15,16);1H. The van der Waals surface area contributed by atoms with Crippen molar-refractivity contribution in [2.45, 2.75) is 13.3 Å². The second-order valence-electron chi connectivity index (χ2n) is 3.95. The molecule has 3 heterocycles. The summed E-state index contributed by atoms with van der Waals surface area (Å²) in [5, 5.41) is 0.881. The summed E-state index contributed by atoms with van der Waals surface area (Å²) in [7, 11) is 0. The lowest BCUT2D eigenvalue weighted by atomic mass is 10.1. The van der Waals surface area contributed by atoms with Crippen molar-refractivity contribution < 1.29 is 4.42 Å². The maximum atomic E-state index is 5.93. The molecule has 0 saturated heterocycles. The number of nitrogens with two attached hydrogens (primary N) is 1. The molecule has 94 valence electrons. The van der Waals surface area contributed by atoms with Crippen molar-refractivity contribution in [3.8, 4) is 0 Å². The van der Waals surface area contributed by atoms with Crippen LogP contribution < -0.4 is 5.73 Å². The first-order chi connectivity index (χ1) is 8.24. The van der Waals surface area contributed by atoms with Crippen LogP contribution in [0, 0.1) is 6.92 Å². The Kier molecular flexibility index (Phi) is 3.25. The average molecular weight is 265 g/mol. The molecule has 0 fully saturated rings. The van der Waals surface area contributed by atoms with Gasteiger partial charge in [-0.2, -0.15) is 0 Å². The van der Waals surface area contributed by atoms with E-state index in [-0.39, 0.29) is 12.4 Å². The van der Waals surface area contributed by atoms with Gasteiger partial charge in [0.15, 0.2) is 0 Å². The summed E-state index contributed by atoms with van der Waals surface area (Å²) in [6, 6.07) is 3.80. The van der Waals surface area contributed by atoms with Gasteiger partial charge in [0, 0.05) is 12.6 Å². The topological polar surface area (TPSA) is 80.7 Å². The molecule has 0 atom stereocenters. The zero-order chi connectivity index (χ0) is 11.8. The Morgan fingerprint density at radius 1 is 1.39 bits per heavy atom. The predicted molar refractivity (Wildman–Crippen MR) is 71.8 cm³/mol. The van der Waals surface area contributed by atoms with E-state index in [1.807, 2.05) is 25.3 Å². The molecule has 0 aliphatic heterocycles. The first-order valence-electron chi connectivity index (χ1n) is 5.36. The molecule has 18 heavy (non-hydrogen) atoms. The van der Waals surface area contributed by atoms with E-state index in [0.717, 1.165) is 22.4 Å². The highest BCUT2D eigenvalue weighted by Gasteiger charge is 2.11. The number of nitrogens with one attached hydrogen (secondary N) is 1. The number of hydrogen-bond donors (Lipinski definition) is 2. The molecule has 0 aliphatic carbocycles. The molecule has 0 aliphatic rings. The summed E-state index contributed by atoms with van der Waals surface area (Å²) in [4.78, 5) is 11.6. The molecule has 6 heteroatoms. The second kappa shape index (κ2) is 4.70. The molecule has 3 aromatic heterocycles. The number of nitrogen functional groups attached to an aromatic ring is 1. The minimum absolute atomic E-state index is 0. The van der Waals surface area contributed by atoms with Gasteiger partial charge in [0.1, 0.15) is 23.0 Å². The fourth-order valence-electron chi connectivity index (χ4n) is 1.98. The highest BCUT2D eigenvalue weighted by Crippen LogP contribution is 2.24. The van der Waals surface area contributed by atoms with E-state index < -0.39 is 0 Å². The van der Waals surface area contributed by atoms with E-state index in [0.29, 0.717) is 18.1 Å². The number of halogens is 1. The van der Waals surface area contributed by atoms with Gasteiger partial charge in [0.05, 0.1) is 11.6 Å². The number of furan rings is 1. The number of aromatic amines is 1. The Balaban J connectivity index is 0.00000120. The molecule has 3 N–H and O–H groups in total. The molecule has 0 radical (unpaired) electrons. The lowest BCUT2D eigenvalue weighted by molar-refractivity contribution is 0.521. The summed E-state index contributed by atoms with van der Waals surface area (Å²) < 4.78 is 5.32. The van der Waals surface area contributed by atoms with Gasteiger partial charge < -0.3 is 15.1 Å². The zero-order valence-electron chi connectivity index (χ0n) is 9.80. The summed E-state index contributed by atoms with van der Waals surface area (Å²) in [6.07, 6.45) is 4.25. The van der Waals surface area contributed by atoms with E-state index in [2.05, 4.69) is 15.0 Å². The van der Waals surface area contributed by atoms with Crippen molar-refractivity contribution in [3.63, 3.8) is 0 Å². The maximum absolute atomic E-state index is 5.93. The van der Waals surface area contributed by atoms with Crippen LogP contribution in [0.25, 0.3) is 11.0 Å². The Morgan fingerprint density at radius 3 is 2.94 bits per heavy atom. The highest BCUT2D eigenvalue weighted by molar-refractivity contribution is 5.89. The van der Waals surface area contributed by atoms with Crippen LogP contribution in [0.2, 0.25) is 0 Å². The first-order valence-corrected chi connectivity index (χ1v) is 5.36. The minimum atomic E-state index is 0. The SMILES string of the molecule is Cc1nc(N)c2c(Cc3ccco3)c[nH]c2n1.Cl. The van der Waals surface area contributed by atoms with Crippen LogP contribution in [-0.2, 0) is 6.42 Å². The zero-order valence-corrected chi connectivity index (χ0v) is 10.6. The summed E-state index contributed by atoms with van der Waals surface area (Å²) >= 11 is 0. The Hall–Kier alpha value is -2.01. The molecule has 0 amide bonds. The van der Waals surface area contributed by atoms with Gasteiger partial charge in [0.25, 0.3) is 0 Å². The van der Waals surface area contributed by atoms with Crippen molar-refractivity contribution in [2.75, 3.05) is 5.73 Å². The van der Waals surface area contributed by atoms with Crippen LogP contribution in [0.4, 0.5) is 5.82 Å². The molecule has 5 nitrogen and oxygen atoms in total. The van der Waals surface area contributed by atoms with Crippen LogP contribution in [0.1, 0.15) is 17.1 Å². The number of nitrogens with zero attached hydrogens (tertiary/aromatic N) is 2. The fraction of sp³-hybridized carbons (Fsp3) is 0.167. The van der Waals surface area contributed by atoms with Gasteiger partial charge in [-0.05, 0) is 24.6 Å². The quantitative estimate of drug-likeness (QED) is 0.745. The molecule has 3 aromatic rings. The van der Waals surface area contributed by atoms with Crippen LogP contribution in [0.15, 0.2) is 29.0 Å². The van der Waals surface area contributed by atoms with E-state index in [4.69, 9.17) is 10.2 Å². The number of aryl methyl sites for hydroxylation is 1. The molecule has 0 aromatic carbocycles. The molecular formula is C12H13ClN4O. The second-order valence-corrected chi connectivity index (χ2v) is 3.95. The number of aromatic nitrogens is 3. The van der Waals surface area contributed by atoms with Gasteiger partial charge in [-0.15, -0.1) is 12.4 Å². The fourth-order valence-corrected chi connectivity index (χ4v) is 1.98. The van der Waals surface area contributed by atoms with Crippen LogP contribution in [0.3, 0.4) is 0 Å². The molecule has 3 rings (SSSR count). The summed E-state index contributed by atoms with van der Waals surface area (Å²) in [6.45, 7) is 1.82. The number of anilines is 1. The van der Waals surface area contributed by atoms with E-state index in [9.17, 15) is 0 Å². The monoisotopic (exact) mass is 264 g/mol. The minimum Gasteiger partial charge on any atom is -0.469 e. The number of hydrogen-bond acceptors (Lipinski definition) is 4. The lowest BCUT2D eigenvalue weighted by Gasteiger charge is -2.00. The number of H-pyrrole nitrogens is 1. The van der Waals surface area contributed by atoms with Gasteiger partial charge in [-0.1, -0.05) is 0 Å². The van der Waals surface area contributed by atoms with Gasteiger partial charge >= 0.3 is 0 Å². The van der Waals surface area contributed by atoms with E-state index in [1.165, 1.54) is 0 Å². The third-order valence-electron chi connectivity index (χ3n) is 2.70. The summed E-state index contributed by atoms with van der Waals surface area (Å²) in [5.41, 5.74) is 7.75. The third kappa shape index (κ3) is 2.04. The van der Waals surface area contributed by atoms with Crippen molar-refractivity contribution in [3.05, 3.63) is 41.7 Å². The highest BCUT2D eigenvalue weighted by atomic mass is 35.5. The predicted octanol–water partition coefficient (Wildman–Crippen LogP) is 2.45. The van der Waals surface area contributed by atoms with Crippen molar-refractivity contribution in [2.24, 2.45) is 0 Å². The van der Waals surface area contributed by atoms with Crippen LogP contribution >= 0.6 is 12.4 Å². The van der Waals surface area contributed by atoms with Crippen LogP contribution in [0.5, 0.6) is 0 Å². The normalized spacial score (nSPS) is 10.5. The molecule has 0 bridgehead atoms. The molecule has 0 unspecified atom stereocenters. The van der Waals surface area contributed by atoms with Crippen molar-refractivity contribution in [1.82, 2.24) is 15.0 Å². The Labute approximate surface area is 110 Å². The van der Waals surface area contributed by atoms with E-state index >= 15 is 0 Å². The average Bonchev–Trinajstić information content (AvgIpc) is 2.88. The molecular weight excluding hydrogens is 252 g/mol. The van der Waals surface area contributed by atoms with Gasteiger partial charge in [-0.3, -0.25) is 0 Å². The molecule has 0 spiro atoms. The Morgan fingerprint density at radius 2 is 2.22 bits per heavy atom. The molecule has 0 saturated carbocycles. The Bertz CT molecular complexity index is 660. The van der Waals surface area contributed by atoms with Gasteiger partial charge in [-0.25, -0.2) is 9.97 Å². The van der Waals surface area contributed by atoms with Gasteiger partial charge in [0.2, 0.25) is 0 Å². The third-order valence-corrected chi connectivity index (χ3v) is 2.70. The van der Waals surface area contributed by atoms with Crippen molar-refractivity contribution in [1.29, 1.82) is 0 Å². The number of fused-ring (bicyclic) bond motifs is 1. The van der Waals surface area contributed by atoms with Crippen molar-refractivity contribution >= 4 is 29.3 Å². The van der Waals surface area contributed by atoms with Crippen LogP contribution in [-0.4, -0.2) is 15.0 Å². The smallest absolute Gasteiger partial charge is 0.143 e. The lowest BCUT2D eigenvalue weighted by Crippen LogP contribution is -1.97. The van der Waals surface area contributed by atoms with E-state index in [1.54, 1.807) is 6.26 Å². The largest absolute Gasteiger partial charge is 0.469 e. The first kappa shape index (κ1) is 12.4. The maximum Gasteiger partial charge on any atom is 0.143 e. The summed E-state index contributed by atoms with van der Waals surface area (Å²) in [5.74, 6) is 2.07.